The number of amides is 2. The first-order chi connectivity index (χ1) is 11.1. The fourth-order valence-corrected chi connectivity index (χ4v) is 3.52. The van der Waals surface area contributed by atoms with Gasteiger partial charge in [0.1, 0.15) is 0 Å². The molecule has 0 spiro atoms. The van der Waals surface area contributed by atoms with Crippen LogP contribution in [0.5, 0.6) is 0 Å². The number of rotatable bonds is 4. The molecule has 1 aromatic carbocycles. The van der Waals surface area contributed by atoms with E-state index in [0.717, 1.165) is 43.6 Å². The van der Waals surface area contributed by atoms with E-state index in [4.69, 9.17) is 0 Å². The second-order valence-corrected chi connectivity index (χ2v) is 6.57. The Hall–Kier alpha value is -1.88. The van der Waals surface area contributed by atoms with Gasteiger partial charge in [0.15, 0.2) is 0 Å². The first kappa shape index (κ1) is 16.0. The van der Waals surface area contributed by atoms with Crippen molar-refractivity contribution in [2.24, 2.45) is 5.92 Å². The van der Waals surface area contributed by atoms with Gasteiger partial charge in [-0.25, -0.2) is 0 Å². The van der Waals surface area contributed by atoms with Gasteiger partial charge in [-0.05, 0) is 50.4 Å². The zero-order chi connectivity index (χ0) is 16.2. The van der Waals surface area contributed by atoms with Gasteiger partial charge in [-0.15, -0.1) is 0 Å². The van der Waals surface area contributed by atoms with E-state index in [1.54, 1.807) is 0 Å². The number of carbonyl (C=O) groups is 2. The van der Waals surface area contributed by atoms with E-state index in [1.807, 2.05) is 36.2 Å². The van der Waals surface area contributed by atoms with Gasteiger partial charge < -0.3 is 15.5 Å². The molecule has 5 heteroatoms. The maximum Gasteiger partial charge on any atom is 0.227 e. The summed E-state index contributed by atoms with van der Waals surface area (Å²) in [6.45, 7) is 1.95. The average molecular weight is 315 g/mol. The minimum absolute atomic E-state index is 0.0426. The lowest BCUT2D eigenvalue weighted by Crippen LogP contribution is -2.44. The summed E-state index contributed by atoms with van der Waals surface area (Å²) in [6, 6.07) is 8.23. The lowest BCUT2D eigenvalue weighted by molar-refractivity contribution is -0.133. The Morgan fingerprint density at radius 2 is 2.00 bits per heavy atom. The first-order valence-electron chi connectivity index (χ1n) is 8.50. The number of nitrogens with zero attached hydrogens (tertiary/aromatic N) is 1. The third-order valence-electron chi connectivity index (χ3n) is 5.07. The molecule has 2 amide bonds. The molecule has 2 aliphatic rings. The van der Waals surface area contributed by atoms with Crippen LogP contribution in [0.15, 0.2) is 24.3 Å². The molecule has 124 valence electrons. The topological polar surface area (TPSA) is 61.4 Å². The minimum Gasteiger partial charge on any atom is -0.343 e. The Balaban J connectivity index is 1.53. The third kappa shape index (κ3) is 3.72. The molecule has 1 atom stereocenters. The van der Waals surface area contributed by atoms with Gasteiger partial charge in [-0.2, -0.15) is 0 Å². The predicted octanol–water partition coefficient (Wildman–Crippen LogP) is 1.79. The van der Waals surface area contributed by atoms with Crippen LogP contribution in [0, 0.1) is 5.92 Å². The quantitative estimate of drug-likeness (QED) is 0.890. The molecule has 0 aliphatic carbocycles. The van der Waals surface area contributed by atoms with Crippen molar-refractivity contribution < 1.29 is 9.59 Å². The first-order valence-corrected chi connectivity index (χ1v) is 8.50. The van der Waals surface area contributed by atoms with E-state index in [1.165, 1.54) is 0 Å². The van der Waals surface area contributed by atoms with Crippen LogP contribution < -0.4 is 10.6 Å². The summed E-state index contributed by atoms with van der Waals surface area (Å²) in [7, 11) is 1.90. The smallest absolute Gasteiger partial charge is 0.227 e. The van der Waals surface area contributed by atoms with Crippen LogP contribution in [-0.4, -0.2) is 42.9 Å². The van der Waals surface area contributed by atoms with Gasteiger partial charge in [0.25, 0.3) is 0 Å². The summed E-state index contributed by atoms with van der Waals surface area (Å²) < 4.78 is 0. The van der Waals surface area contributed by atoms with E-state index in [9.17, 15) is 9.59 Å². The number of hydrogen-bond acceptors (Lipinski definition) is 3. The number of carbonyl (C=O) groups excluding carboxylic acids is 2. The van der Waals surface area contributed by atoms with Crippen LogP contribution in [0.3, 0.4) is 0 Å². The highest BCUT2D eigenvalue weighted by molar-refractivity contribution is 5.96. The summed E-state index contributed by atoms with van der Waals surface area (Å²) >= 11 is 0. The highest BCUT2D eigenvalue weighted by Gasteiger charge is 2.28. The fourth-order valence-electron chi connectivity index (χ4n) is 3.52. The number of piperidine rings is 1. The molecule has 0 aromatic heterocycles. The number of para-hydroxylation sites is 1. The molecule has 3 rings (SSSR count). The van der Waals surface area contributed by atoms with Crippen molar-refractivity contribution in [3.8, 4) is 0 Å². The molecule has 5 nitrogen and oxygen atoms in total. The van der Waals surface area contributed by atoms with E-state index in [0.29, 0.717) is 18.9 Å². The zero-order valence-corrected chi connectivity index (χ0v) is 13.7. The molecule has 1 unspecified atom stereocenters. The van der Waals surface area contributed by atoms with Crippen LogP contribution in [0.2, 0.25) is 0 Å². The van der Waals surface area contributed by atoms with Gasteiger partial charge in [0, 0.05) is 31.1 Å². The molecule has 2 N–H and O–H groups in total. The molecular formula is C18H25N3O2. The highest BCUT2D eigenvalue weighted by atomic mass is 16.2. The largest absolute Gasteiger partial charge is 0.343 e. The molecule has 2 aliphatic heterocycles. The molecule has 0 bridgehead atoms. The monoisotopic (exact) mass is 315 g/mol. The summed E-state index contributed by atoms with van der Waals surface area (Å²) in [5, 5.41) is 6.27. The van der Waals surface area contributed by atoms with E-state index in [2.05, 4.69) is 10.6 Å². The third-order valence-corrected chi connectivity index (χ3v) is 5.07. The number of hydrogen-bond donors (Lipinski definition) is 2. The molecule has 2 heterocycles. The average Bonchev–Trinajstić information content (AvgIpc) is 2.59. The summed E-state index contributed by atoms with van der Waals surface area (Å²) in [4.78, 5) is 26.5. The van der Waals surface area contributed by atoms with Gasteiger partial charge in [-0.3, -0.25) is 9.59 Å². The van der Waals surface area contributed by atoms with Crippen molar-refractivity contribution in [1.29, 1.82) is 0 Å². The second kappa shape index (κ2) is 7.13. The molecular weight excluding hydrogens is 290 g/mol. The summed E-state index contributed by atoms with van der Waals surface area (Å²) in [5.74, 6) is 0.0971. The molecule has 23 heavy (non-hydrogen) atoms. The van der Waals surface area contributed by atoms with E-state index < -0.39 is 0 Å². The Labute approximate surface area is 137 Å². The Kier molecular flexibility index (Phi) is 4.96. The second-order valence-electron chi connectivity index (χ2n) is 6.57. The van der Waals surface area contributed by atoms with Crippen molar-refractivity contribution in [3.63, 3.8) is 0 Å². The number of fused-ring (bicyclic) bond motifs is 1. The number of anilines is 1. The van der Waals surface area contributed by atoms with Crippen LogP contribution in [-0.2, 0) is 16.0 Å². The van der Waals surface area contributed by atoms with Crippen LogP contribution >= 0.6 is 0 Å². The number of benzene rings is 1. The standard InChI is InChI=1S/C18H25N3O2/c1-21(15-8-10-19-11-9-15)17(22)7-6-14-12-13-4-2-3-5-16(13)20-18(14)23/h2-5,14-15,19H,6-12H2,1H3,(H,20,23). The van der Waals surface area contributed by atoms with Crippen LogP contribution in [0.4, 0.5) is 5.69 Å². The predicted molar refractivity (Wildman–Crippen MR) is 90.2 cm³/mol. The van der Waals surface area contributed by atoms with E-state index >= 15 is 0 Å². The summed E-state index contributed by atoms with van der Waals surface area (Å²) in [5.41, 5.74) is 2.07. The Bertz CT molecular complexity index is 581. The zero-order valence-electron chi connectivity index (χ0n) is 13.7. The molecule has 1 fully saturated rings. The Morgan fingerprint density at radius 1 is 1.26 bits per heavy atom. The van der Waals surface area contributed by atoms with Crippen LogP contribution in [0.1, 0.15) is 31.2 Å². The maximum absolute atomic E-state index is 12.4. The van der Waals surface area contributed by atoms with Gasteiger partial charge in [0.05, 0.1) is 0 Å². The van der Waals surface area contributed by atoms with E-state index in [-0.39, 0.29) is 17.7 Å². The Morgan fingerprint density at radius 3 is 2.78 bits per heavy atom. The number of nitrogens with one attached hydrogen (secondary N) is 2. The molecule has 0 saturated carbocycles. The van der Waals surface area contributed by atoms with Gasteiger partial charge in [0.2, 0.25) is 11.8 Å². The van der Waals surface area contributed by atoms with Crippen molar-refractivity contribution in [3.05, 3.63) is 29.8 Å². The van der Waals surface area contributed by atoms with Crippen molar-refractivity contribution in [2.45, 2.75) is 38.1 Å². The molecule has 1 saturated heterocycles. The van der Waals surface area contributed by atoms with Crippen LogP contribution in [0.25, 0.3) is 0 Å². The minimum atomic E-state index is -0.102. The fraction of sp³-hybridized carbons (Fsp3) is 0.556. The maximum atomic E-state index is 12.4. The molecule has 0 radical (unpaired) electrons. The van der Waals surface area contributed by atoms with Gasteiger partial charge >= 0.3 is 0 Å². The lowest BCUT2D eigenvalue weighted by Gasteiger charge is -2.32. The van der Waals surface area contributed by atoms with Gasteiger partial charge in [-0.1, -0.05) is 18.2 Å². The SMILES string of the molecule is CN(C(=O)CCC1Cc2ccccc2NC1=O)C1CCNCC1. The normalized spacial score (nSPS) is 21.4. The molecule has 1 aromatic rings. The van der Waals surface area contributed by atoms with Crippen molar-refractivity contribution in [2.75, 3.05) is 25.5 Å². The van der Waals surface area contributed by atoms with Crippen molar-refractivity contribution >= 4 is 17.5 Å². The highest BCUT2D eigenvalue weighted by Crippen LogP contribution is 2.27. The lowest BCUT2D eigenvalue weighted by atomic mass is 9.89. The van der Waals surface area contributed by atoms with Crippen molar-refractivity contribution in [1.82, 2.24) is 10.2 Å². The summed E-state index contributed by atoms with van der Waals surface area (Å²) in [6.07, 6.45) is 3.82.